The summed E-state index contributed by atoms with van der Waals surface area (Å²) in [7, 11) is 0. The summed E-state index contributed by atoms with van der Waals surface area (Å²) in [5.41, 5.74) is 1.32. The van der Waals surface area contributed by atoms with Crippen LogP contribution in [0.3, 0.4) is 0 Å². The maximum Gasteiger partial charge on any atom is 0.268 e. The summed E-state index contributed by atoms with van der Waals surface area (Å²) in [4.78, 5) is 26.8. The topological polar surface area (TPSA) is 94.2 Å². The molecular weight excluding hydrogens is 282 g/mol. The van der Waals surface area contributed by atoms with E-state index in [2.05, 4.69) is 15.6 Å². The quantitative estimate of drug-likeness (QED) is 0.618. The Kier molecular flexibility index (Phi) is 5.55. The molecule has 22 heavy (non-hydrogen) atoms. The summed E-state index contributed by atoms with van der Waals surface area (Å²) >= 11 is 0. The number of benzene rings is 1. The second-order valence-electron chi connectivity index (χ2n) is 5.29. The second kappa shape index (κ2) is 7.61. The number of carbonyl (C=O) groups excluding carboxylic acids is 2. The molecule has 0 saturated carbocycles. The highest BCUT2D eigenvalue weighted by Gasteiger charge is 2.12. The van der Waals surface area contributed by atoms with Crippen molar-refractivity contribution in [1.82, 2.24) is 15.6 Å². The van der Waals surface area contributed by atoms with Gasteiger partial charge in [-0.1, -0.05) is 18.2 Å². The third kappa shape index (κ3) is 4.33. The Bertz CT molecular complexity index is 618. The van der Waals surface area contributed by atoms with Gasteiger partial charge in [0.1, 0.15) is 5.69 Å². The van der Waals surface area contributed by atoms with Crippen molar-refractivity contribution in [2.75, 3.05) is 13.2 Å². The molecule has 2 aromatic rings. The zero-order chi connectivity index (χ0) is 15.9. The van der Waals surface area contributed by atoms with Gasteiger partial charge in [0.25, 0.3) is 5.91 Å². The van der Waals surface area contributed by atoms with Crippen molar-refractivity contribution in [2.24, 2.45) is 0 Å². The largest absolute Gasteiger partial charge is 0.396 e. The molecule has 6 nitrogen and oxygen atoms in total. The molecule has 0 saturated heterocycles. The molecule has 4 N–H and O–H groups in total. The van der Waals surface area contributed by atoms with Crippen molar-refractivity contribution in [3.63, 3.8) is 0 Å². The number of amides is 2. The predicted molar refractivity (Wildman–Crippen MR) is 84.6 cm³/mol. The molecule has 118 valence electrons. The average Bonchev–Trinajstić information content (AvgIpc) is 2.94. The first kappa shape index (κ1) is 16.0. The lowest BCUT2D eigenvalue weighted by atomic mass is 10.2. The number of H-pyrrole nitrogens is 1. The zero-order valence-electron chi connectivity index (χ0n) is 12.6. The number of hydrogen-bond donors (Lipinski definition) is 4. The van der Waals surface area contributed by atoms with Gasteiger partial charge >= 0.3 is 0 Å². The number of carbonyl (C=O) groups is 2. The lowest BCUT2D eigenvalue weighted by Gasteiger charge is -2.13. The highest BCUT2D eigenvalue weighted by atomic mass is 16.3. The molecule has 0 aliphatic rings. The third-order valence-corrected chi connectivity index (χ3v) is 3.39. The molecule has 0 aliphatic carbocycles. The summed E-state index contributed by atoms with van der Waals surface area (Å²) in [5, 5.41) is 15.1. The number of aromatic nitrogens is 1. The minimum absolute atomic E-state index is 0.0235. The van der Waals surface area contributed by atoms with E-state index in [1.165, 1.54) is 0 Å². The second-order valence-corrected chi connectivity index (χ2v) is 5.29. The number of nitrogens with one attached hydrogen (secondary N) is 3. The van der Waals surface area contributed by atoms with Crippen LogP contribution in [0.15, 0.2) is 30.3 Å². The summed E-state index contributed by atoms with van der Waals surface area (Å²) in [6.45, 7) is 1.90. The number of rotatable bonds is 7. The predicted octanol–water partition coefficient (Wildman–Crippen LogP) is 1.17. The fourth-order valence-electron chi connectivity index (χ4n) is 2.25. The van der Waals surface area contributed by atoms with Gasteiger partial charge in [-0.3, -0.25) is 9.59 Å². The number of fused-ring (bicyclic) bond motifs is 1. The molecule has 0 spiro atoms. The van der Waals surface area contributed by atoms with Gasteiger partial charge in [0.2, 0.25) is 5.91 Å². The number of para-hydroxylation sites is 1. The van der Waals surface area contributed by atoms with Crippen molar-refractivity contribution >= 4 is 22.7 Å². The van der Waals surface area contributed by atoms with Crippen LogP contribution in [0.2, 0.25) is 0 Å². The lowest BCUT2D eigenvalue weighted by Crippen LogP contribution is -2.41. The molecule has 2 rings (SSSR count). The molecule has 1 atom stereocenters. The molecule has 0 aliphatic heterocycles. The molecule has 1 aromatic heterocycles. The smallest absolute Gasteiger partial charge is 0.268 e. The normalized spacial score (nSPS) is 12.1. The van der Waals surface area contributed by atoms with Gasteiger partial charge in [-0.15, -0.1) is 0 Å². The van der Waals surface area contributed by atoms with Crippen LogP contribution in [-0.2, 0) is 4.79 Å². The highest BCUT2D eigenvalue weighted by molar-refractivity contribution is 5.99. The van der Waals surface area contributed by atoms with Crippen LogP contribution >= 0.6 is 0 Å². The Hall–Kier alpha value is -2.34. The van der Waals surface area contributed by atoms with Gasteiger partial charge in [-0.25, -0.2) is 0 Å². The Balaban J connectivity index is 1.83. The van der Waals surface area contributed by atoms with Crippen molar-refractivity contribution < 1.29 is 14.7 Å². The Morgan fingerprint density at radius 2 is 2.09 bits per heavy atom. The van der Waals surface area contributed by atoms with Crippen LogP contribution < -0.4 is 10.6 Å². The van der Waals surface area contributed by atoms with E-state index in [1.54, 1.807) is 6.07 Å². The fourth-order valence-corrected chi connectivity index (χ4v) is 2.25. The molecule has 6 heteroatoms. The monoisotopic (exact) mass is 303 g/mol. The number of aliphatic hydroxyl groups excluding tert-OH is 1. The highest BCUT2D eigenvalue weighted by Crippen LogP contribution is 2.14. The summed E-state index contributed by atoms with van der Waals surface area (Å²) in [6, 6.07) is 9.33. The first-order valence-electron chi connectivity index (χ1n) is 7.36. The zero-order valence-corrected chi connectivity index (χ0v) is 12.6. The van der Waals surface area contributed by atoms with E-state index >= 15 is 0 Å². The summed E-state index contributed by atoms with van der Waals surface area (Å²) in [6.07, 6.45) is 1.35. The standard InChI is InChI=1S/C16H21N3O3/c1-11(5-4-8-20)18-15(21)10-17-16(22)14-9-12-6-2-3-7-13(12)19-14/h2-3,6-7,9,11,19-20H,4-5,8,10H2,1H3,(H,17,22)(H,18,21). The van der Waals surface area contributed by atoms with Gasteiger partial charge in [-0.2, -0.15) is 0 Å². The lowest BCUT2D eigenvalue weighted by molar-refractivity contribution is -0.120. The SMILES string of the molecule is CC(CCCO)NC(=O)CNC(=O)c1cc2ccccc2[nH]1. The maximum atomic E-state index is 12.0. The minimum Gasteiger partial charge on any atom is -0.396 e. The molecular formula is C16H21N3O3. The minimum atomic E-state index is -0.311. The summed E-state index contributed by atoms with van der Waals surface area (Å²) in [5.74, 6) is -0.552. The van der Waals surface area contributed by atoms with Crippen molar-refractivity contribution in [3.8, 4) is 0 Å². The van der Waals surface area contributed by atoms with E-state index in [0.29, 0.717) is 18.5 Å². The van der Waals surface area contributed by atoms with Crippen molar-refractivity contribution in [2.45, 2.75) is 25.8 Å². The average molecular weight is 303 g/mol. The first-order valence-corrected chi connectivity index (χ1v) is 7.36. The Morgan fingerprint density at radius 3 is 2.82 bits per heavy atom. The van der Waals surface area contributed by atoms with E-state index in [-0.39, 0.29) is 31.0 Å². The van der Waals surface area contributed by atoms with Crippen molar-refractivity contribution in [1.29, 1.82) is 0 Å². The van der Waals surface area contributed by atoms with E-state index in [1.807, 2.05) is 31.2 Å². The molecule has 1 aromatic carbocycles. The summed E-state index contributed by atoms with van der Waals surface area (Å²) < 4.78 is 0. The van der Waals surface area contributed by atoms with Gasteiger partial charge in [0.15, 0.2) is 0 Å². The van der Waals surface area contributed by atoms with Gasteiger partial charge in [0, 0.05) is 23.6 Å². The van der Waals surface area contributed by atoms with Crippen LogP contribution in [0.1, 0.15) is 30.3 Å². The van der Waals surface area contributed by atoms with Crippen LogP contribution in [0.25, 0.3) is 10.9 Å². The number of aromatic amines is 1. The molecule has 0 fully saturated rings. The van der Waals surface area contributed by atoms with Gasteiger partial charge < -0.3 is 20.7 Å². The van der Waals surface area contributed by atoms with Crippen LogP contribution in [0.4, 0.5) is 0 Å². The third-order valence-electron chi connectivity index (χ3n) is 3.39. The fraction of sp³-hybridized carbons (Fsp3) is 0.375. The van der Waals surface area contributed by atoms with Gasteiger partial charge in [0.05, 0.1) is 6.54 Å². The molecule has 1 unspecified atom stereocenters. The van der Waals surface area contributed by atoms with Gasteiger partial charge in [-0.05, 0) is 31.9 Å². The van der Waals surface area contributed by atoms with Crippen LogP contribution in [0, 0.1) is 0 Å². The number of aliphatic hydroxyl groups is 1. The van der Waals surface area contributed by atoms with Crippen LogP contribution in [0.5, 0.6) is 0 Å². The van der Waals surface area contributed by atoms with E-state index < -0.39 is 0 Å². The Morgan fingerprint density at radius 1 is 1.32 bits per heavy atom. The first-order chi connectivity index (χ1) is 10.6. The van der Waals surface area contributed by atoms with E-state index in [0.717, 1.165) is 10.9 Å². The molecule has 0 bridgehead atoms. The number of hydrogen-bond acceptors (Lipinski definition) is 3. The van der Waals surface area contributed by atoms with Crippen LogP contribution in [-0.4, -0.2) is 41.1 Å². The maximum absolute atomic E-state index is 12.0. The van der Waals surface area contributed by atoms with Crippen molar-refractivity contribution in [3.05, 3.63) is 36.0 Å². The van der Waals surface area contributed by atoms with E-state index in [9.17, 15) is 9.59 Å². The van der Waals surface area contributed by atoms with E-state index in [4.69, 9.17) is 5.11 Å². The molecule has 1 heterocycles. The molecule has 0 radical (unpaired) electrons. The molecule has 2 amide bonds. The Labute approximate surface area is 128 Å².